The van der Waals surface area contributed by atoms with Gasteiger partial charge in [0.15, 0.2) is 0 Å². The average molecular weight is 532 g/mol. The Kier molecular flexibility index (Phi) is 13.3. The van der Waals surface area contributed by atoms with Crippen molar-refractivity contribution in [3.05, 3.63) is 0 Å². The molecule has 14 heteroatoms. The van der Waals surface area contributed by atoms with Crippen LogP contribution in [0.2, 0.25) is 0 Å². The highest BCUT2D eigenvalue weighted by atomic mass is 19.4. The Hall–Kier alpha value is -0.920. The molecule has 0 saturated heterocycles. The maximum absolute atomic E-state index is 13.4. The van der Waals surface area contributed by atoms with Crippen LogP contribution in [0.5, 0.6) is 0 Å². The SMILES string of the molecule is CCCC(F)(F)C(O)(CC(C)CF)C(F)(F)F.CCCC(F)(F)C(O)(CC(F)CC)C(F)(F)F. The lowest BCUT2D eigenvalue weighted by Crippen LogP contribution is -2.59. The van der Waals surface area contributed by atoms with Crippen LogP contribution in [0.3, 0.4) is 0 Å². The van der Waals surface area contributed by atoms with E-state index in [0.29, 0.717) is 0 Å². The highest BCUT2D eigenvalue weighted by Gasteiger charge is 2.69. The van der Waals surface area contributed by atoms with Gasteiger partial charge in [0.1, 0.15) is 6.17 Å². The summed E-state index contributed by atoms with van der Waals surface area (Å²) >= 11 is 0. The molecule has 2 N–H and O–H groups in total. The molecule has 208 valence electrons. The van der Waals surface area contributed by atoms with E-state index in [0.717, 1.165) is 6.92 Å². The molecule has 0 aromatic rings. The van der Waals surface area contributed by atoms with Crippen LogP contribution in [0, 0.1) is 5.92 Å². The van der Waals surface area contributed by atoms with Crippen LogP contribution in [0.4, 0.5) is 52.7 Å². The second-order valence-electron chi connectivity index (χ2n) is 8.30. The maximum Gasteiger partial charge on any atom is 0.423 e. The van der Waals surface area contributed by atoms with Gasteiger partial charge in [0, 0.05) is 19.3 Å². The average Bonchev–Trinajstić information content (AvgIpc) is 2.65. The number of hydrogen-bond donors (Lipinski definition) is 2. The zero-order valence-electron chi connectivity index (χ0n) is 19.2. The van der Waals surface area contributed by atoms with Gasteiger partial charge in [-0.25, -0.2) is 22.0 Å². The van der Waals surface area contributed by atoms with Crippen LogP contribution in [-0.4, -0.2) is 58.5 Å². The van der Waals surface area contributed by atoms with Crippen LogP contribution < -0.4 is 0 Å². The number of hydrogen-bond acceptors (Lipinski definition) is 2. The molecule has 2 nitrogen and oxygen atoms in total. The molecular weight excluding hydrogens is 500 g/mol. The highest BCUT2D eigenvalue weighted by Crippen LogP contribution is 2.49. The summed E-state index contributed by atoms with van der Waals surface area (Å²) in [4.78, 5) is 0. The topological polar surface area (TPSA) is 40.5 Å². The molecule has 0 aliphatic rings. The van der Waals surface area contributed by atoms with Gasteiger partial charge >= 0.3 is 12.4 Å². The summed E-state index contributed by atoms with van der Waals surface area (Å²) in [6, 6.07) is 0. The van der Waals surface area contributed by atoms with Crippen molar-refractivity contribution >= 4 is 0 Å². The fourth-order valence-corrected chi connectivity index (χ4v) is 3.01. The Labute approximate surface area is 190 Å². The standard InChI is InChI=1S/2C10H16F6O/c1-3-4-9(12,13)8(17,10(14,15)16)5-7(2)6-11;1-3-5-9(12,13)8(17,10(14,15)16)6-7(11)4-2/h2*7,17H,3-6H2,1-2H3. The lowest BCUT2D eigenvalue weighted by molar-refractivity contribution is -0.338. The minimum absolute atomic E-state index is 0.213. The van der Waals surface area contributed by atoms with Gasteiger partial charge in [-0.15, -0.1) is 0 Å². The predicted octanol–water partition coefficient (Wildman–Crippen LogP) is 7.56. The van der Waals surface area contributed by atoms with Gasteiger partial charge < -0.3 is 10.2 Å². The van der Waals surface area contributed by atoms with Crippen LogP contribution in [0.25, 0.3) is 0 Å². The van der Waals surface area contributed by atoms with Crippen molar-refractivity contribution in [3.8, 4) is 0 Å². The molecule has 0 fully saturated rings. The Balaban J connectivity index is 0. The lowest BCUT2D eigenvalue weighted by Gasteiger charge is -2.38. The molecule has 4 atom stereocenters. The first kappa shape index (κ1) is 35.2. The third-order valence-corrected chi connectivity index (χ3v) is 5.14. The monoisotopic (exact) mass is 532 g/mol. The second-order valence-corrected chi connectivity index (χ2v) is 8.30. The van der Waals surface area contributed by atoms with E-state index in [9.17, 15) is 62.9 Å². The van der Waals surface area contributed by atoms with Gasteiger partial charge in [0.25, 0.3) is 11.8 Å². The van der Waals surface area contributed by atoms with Gasteiger partial charge in [0.05, 0.1) is 6.67 Å². The van der Waals surface area contributed by atoms with Crippen molar-refractivity contribution in [2.75, 3.05) is 6.67 Å². The largest absolute Gasteiger partial charge is 0.423 e. The minimum atomic E-state index is -5.56. The summed E-state index contributed by atoms with van der Waals surface area (Å²) < 4.78 is 154. The maximum atomic E-state index is 13.4. The third kappa shape index (κ3) is 8.63. The Morgan fingerprint density at radius 2 is 0.971 bits per heavy atom. The van der Waals surface area contributed by atoms with E-state index in [2.05, 4.69) is 0 Å². The van der Waals surface area contributed by atoms with Crippen molar-refractivity contribution in [2.45, 2.75) is 114 Å². The summed E-state index contributed by atoms with van der Waals surface area (Å²) in [5, 5.41) is 18.5. The van der Waals surface area contributed by atoms with Gasteiger partial charge in [-0.05, 0) is 18.8 Å². The Bertz CT molecular complexity index is 529. The van der Waals surface area contributed by atoms with Crippen LogP contribution in [0.15, 0.2) is 0 Å². The first-order valence-electron chi connectivity index (χ1n) is 10.6. The fourth-order valence-electron chi connectivity index (χ4n) is 3.01. The fraction of sp³-hybridized carbons (Fsp3) is 1.00. The van der Waals surface area contributed by atoms with Crippen molar-refractivity contribution in [1.82, 2.24) is 0 Å². The normalized spacial score (nSPS) is 18.9. The molecule has 0 aliphatic carbocycles. The van der Waals surface area contributed by atoms with Crippen LogP contribution in [-0.2, 0) is 0 Å². The molecule has 0 radical (unpaired) electrons. The number of alkyl halides is 12. The van der Waals surface area contributed by atoms with Gasteiger partial charge in [-0.1, -0.05) is 40.5 Å². The third-order valence-electron chi connectivity index (χ3n) is 5.14. The molecule has 0 bridgehead atoms. The quantitative estimate of drug-likeness (QED) is 0.255. The minimum Gasteiger partial charge on any atom is -0.376 e. The highest BCUT2D eigenvalue weighted by molar-refractivity contribution is 5.01. The molecule has 0 rings (SSSR count). The van der Waals surface area contributed by atoms with Crippen molar-refractivity contribution in [3.63, 3.8) is 0 Å². The zero-order valence-corrected chi connectivity index (χ0v) is 19.2. The van der Waals surface area contributed by atoms with E-state index in [-0.39, 0.29) is 19.3 Å². The number of aliphatic hydroxyl groups is 2. The van der Waals surface area contributed by atoms with Crippen molar-refractivity contribution in [1.29, 1.82) is 0 Å². The van der Waals surface area contributed by atoms with Gasteiger partial charge in [-0.3, -0.25) is 4.39 Å². The molecule has 34 heavy (non-hydrogen) atoms. The summed E-state index contributed by atoms with van der Waals surface area (Å²) in [6.07, 6.45) is -19.2. The Morgan fingerprint density at radius 3 is 1.21 bits per heavy atom. The van der Waals surface area contributed by atoms with E-state index in [4.69, 9.17) is 0 Å². The molecule has 0 aromatic carbocycles. The molecule has 0 heterocycles. The number of rotatable bonds is 12. The molecule has 0 aliphatic heterocycles. The van der Waals surface area contributed by atoms with Gasteiger partial charge in [-0.2, -0.15) is 26.3 Å². The molecular formula is C20H32F12O2. The van der Waals surface area contributed by atoms with E-state index in [1.54, 1.807) is 0 Å². The molecule has 0 aromatic heterocycles. The summed E-state index contributed by atoms with van der Waals surface area (Å²) in [5.41, 5.74) is -8.47. The second kappa shape index (κ2) is 12.9. The van der Waals surface area contributed by atoms with E-state index in [1.807, 2.05) is 0 Å². The lowest BCUT2D eigenvalue weighted by atomic mass is 9.83. The molecule has 0 amide bonds. The summed E-state index contributed by atoms with van der Waals surface area (Å²) in [7, 11) is 0. The van der Waals surface area contributed by atoms with Crippen LogP contribution >= 0.6 is 0 Å². The van der Waals surface area contributed by atoms with E-state index < -0.39 is 79.8 Å². The smallest absolute Gasteiger partial charge is 0.376 e. The number of halogens is 12. The molecule has 4 unspecified atom stereocenters. The Morgan fingerprint density at radius 1 is 0.647 bits per heavy atom. The van der Waals surface area contributed by atoms with E-state index in [1.165, 1.54) is 20.8 Å². The molecule has 0 spiro atoms. The summed E-state index contributed by atoms with van der Waals surface area (Å²) in [5.74, 6) is -9.99. The molecule has 0 saturated carbocycles. The van der Waals surface area contributed by atoms with Crippen molar-refractivity contribution < 1.29 is 62.9 Å². The first-order chi connectivity index (χ1) is 15.0. The van der Waals surface area contributed by atoms with E-state index >= 15 is 0 Å². The predicted molar refractivity (Wildman–Crippen MR) is 101 cm³/mol. The first-order valence-corrected chi connectivity index (χ1v) is 10.6. The van der Waals surface area contributed by atoms with Crippen molar-refractivity contribution in [2.24, 2.45) is 5.92 Å². The van der Waals surface area contributed by atoms with Crippen LogP contribution in [0.1, 0.15) is 72.6 Å². The zero-order chi connectivity index (χ0) is 27.8. The van der Waals surface area contributed by atoms with Gasteiger partial charge in [0.2, 0.25) is 11.2 Å². The summed E-state index contributed by atoms with van der Waals surface area (Å²) in [6.45, 7) is 3.61.